The zero-order valence-electron chi connectivity index (χ0n) is 5.72. The summed E-state index contributed by atoms with van der Waals surface area (Å²) in [5.41, 5.74) is -0.818. The highest BCUT2D eigenvalue weighted by molar-refractivity contribution is 6.32. The molecule has 3 radical (unpaired) electrons. The first-order valence-electron chi connectivity index (χ1n) is 2.82. The smallest absolute Gasteiger partial charge is 0.323 e. The molecule has 3 nitrogen and oxygen atoms in total. The lowest BCUT2D eigenvalue weighted by atomic mass is 10.00. The Kier molecular flexibility index (Phi) is 2.52. The first-order valence-corrected chi connectivity index (χ1v) is 2.82. The van der Waals surface area contributed by atoms with E-state index in [1.165, 1.54) is 0 Å². The fourth-order valence-corrected chi connectivity index (χ4v) is 0.512. The van der Waals surface area contributed by atoms with Crippen molar-refractivity contribution in [1.29, 1.82) is 0 Å². The lowest BCUT2D eigenvalue weighted by Crippen LogP contribution is -2.19. The molecule has 0 unspecified atom stereocenters. The second-order valence-electron chi connectivity index (χ2n) is 1.75. The fourth-order valence-electron chi connectivity index (χ4n) is 0.512. The van der Waals surface area contributed by atoms with Crippen molar-refractivity contribution >= 4 is 13.3 Å². The maximum atomic E-state index is 12.4. The zero-order valence-corrected chi connectivity index (χ0v) is 5.72. The third kappa shape index (κ3) is 1.66. The van der Waals surface area contributed by atoms with Gasteiger partial charge in [0.25, 0.3) is 0 Å². The molecule has 0 aliphatic heterocycles. The van der Waals surface area contributed by atoms with E-state index in [0.29, 0.717) is 0 Å². The van der Waals surface area contributed by atoms with Crippen LogP contribution in [0.2, 0.25) is 0 Å². The Labute approximate surface area is 67.0 Å². The van der Waals surface area contributed by atoms with Gasteiger partial charge in [0.05, 0.1) is 0 Å². The van der Waals surface area contributed by atoms with Crippen molar-refractivity contribution < 1.29 is 17.9 Å². The molecule has 1 aromatic heterocycles. The minimum atomic E-state index is -1.27. The van der Waals surface area contributed by atoms with Gasteiger partial charge in [-0.3, -0.25) is 0 Å². The molecule has 1 aromatic rings. The van der Waals surface area contributed by atoms with Gasteiger partial charge in [0.2, 0.25) is 6.86 Å². The van der Waals surface area contributed by atoms with Crippen molar-refractivity contribution in [3.63, 3.8) is 0 Å². The maximum Gasteiger partial charge on any atom is 0.323 e. The van der Waals surface area contributed by atoms with Crippen LogP contribution in [0.4, 0.5) is 13.2 Å². The van der Waals surface area contributed by atoms with Gasteiger partial charge >= 0.3 is 6.01 Å². The topological polar surface area (TPSA) is 35.0 Å². The summed E-state index contributed by atoms with van der Waals surface area (Å²) in [6.07, 6.45) is 0. The van der Waals surface area contributed by atoms with E-state index in [0.717, 1.165) is 0 Å². The predicted octanol–water partition coefficient (Wildman–Crippen LogP) is -0.146. The van der Waals surface area contributed by atoms with E-state index in [-0.39, 0.29) is 0 Å². The van der Waals surface area contributed by atoms with Crippen molar-refractivity contribution in [2.75, 3.05) is 6.86 Å². The maximum absolute atomic E-state index is 12.4. The predicted molar refractivity (Wildman–Crippen MR) is 33.9 cm³/mol. The number of nitrogens with zero attached hydrogens (tertiary/aromatic N) is 2. The van der Waals surface area contributed by atoms with E-state index in [4.69, 9.17) is 7.85 Å². The van der Waals surface area contributed by atoms with Crippen LogP contribution in [0.3, 0.4) is 0 Å². The molecule has 0 spiro atoms. The van der Waals surface area contributed by atoms with E-state index < -0.39 is 30.2 Å². The average molecular weight is 174 g/mol. The molecule has 0 saturated heterocycles. The van der Waals surface area contributed by atoms with Crippen LogP contribution < -0.4 is 10.2 Å². The summed E-state index contributed by atoms with van der Waals surface area (Å²) in [6.45, 7) is -1.26. The Morgan fingerprint density at radius 2 is 1.75 bits per heavy atom. The van der Waals surface area contributed by atoms with Gasteiger partial charge in [0.1, 0.15) is 0 Å². The van der Waals surface area contributed by atoms with Gasteiger partial charge in [0.15, 0.2) is 11.9 Å². The molecule has 7 heteroatoms. The molecule has 0 aliphatic carbocycles. The van der Waals surface area contributed by atoms with Gasteiger partial charge in [-0.2, -0.15) is 18.7 Å². The van der Waals surface area contributed by atoms with Crippen LogP contribution in [0.15, 0.2) is 0 Å². The number of aromatic nitrogens is 2. The Balaban J connectivity index is 3.04. The van der Waals surface area contributed by atoms with Crippen LogP contribution in [0.1, 0.15) is 0 Å². The summed E-state index contributed by atoms with van der Waals surface area (Å²) < 4.78 is 40.4. The molecule has 0 N–H and O–H groups in total. The van der Waals surface area contributed by atoms with E-state index in [2.05, 4.69) is 14.7 Å². The van der Waals surface area contributed by atoms with Gasteiger partial charge in [-0.05, 0) is 0 Å². The number of alkyl halides is 1. The quantitative estimate of drug-likeness (QED) is 0.462. The molecule has 0 saturated carbocycles. The summed E-state index contributed by atoms with van der Waals surface area (Å²) in [5, 5.41) is 0. The largest absolute Gasteiger partial charge is 0.568 e. The first kappa shape index (κ1) is 8.83. The van der Waals surface area contributed by atoms with Gasteiger partial charge in [0, 0.05) is 0 Å². The van der Waals surface area contributed by atoms with Crippen molar-refractivity contribution in [1.82, 2.24) is 9.97 Å². The van der Waals surface area contributed by atoms with Gasteiger partial charge in [-0.25, -0.2) is 9.85 Å². The van der Waals surface area contributed by atoms with Crippen LogP contribution in [-0.4, -0.2) is 24.7 Å². The summed E-state index contributed by atoms with van der Waals surface area (Å²) in [7, 11) is 4.82. The van der Waals surface area contributed by atoms with Gasteiger partial charge in [-0.1, -0.05) is 0 Å². The lowest BCUT2D eigenvalue weighted by Gasteiger charge is -2.09. The van der Waals surface area contributed by atoms with Crippen molar-refractivity contribution in [3.05, 3.63) is 11.9 Å². The highest BCUT2D eigenvalue weighted by atomic mass is 19.1. The van der Waals surface area contributed by atoms with Crippen molar-refractivity contribution in [3.8, 4) is 6.01 Å². The molecule has 1 heterocycles. The highest BCUT2D eigenvalue weighted by Crippen LogP contribution is 2.02. The Morgan fingerprint density at radius 1 is 1.25 bits per heavy atom. The normalized spacial score (nSPS) is 10.0. The summed E-state index contributed by atoms with van der Waals surface area (Å²) in [5.74, 6) is -2.54. The highest BCUT2D eigenvalue weighted by Gasteiger charge is 2.03. The molecule has 0 amide bonds. The number of ether oxygens (including phenoxy) is 1. The summed E-state index contributed by atoms with van der Waals surface area (Å²) in [4.78, 5) is 5.84. The van der Waals surface area contributed by atoms with Crippen LogP contribution in [0.5, 0.6) is 6.01 Å². The van der Waals surface area contributed by atoms with E-state index >= 15 is 0 Å². The molecule has 0 aliphatic rings. The number of rotatable bonds is 2. The SMILES string of the molecule is [B-]c1c(F)nc(OCF)nc1F. The summed E-state index contributed by atoms with van der Waals surface area (Å²) >= 11 is 0. The van der Waals surface area contributed by atoms with Crippen molar-refractivity contribution in [2.45, 2.75) is 0 Å². The Hall–Kier alpha value is -1.27. The van der Waals surface area contributed by atoms with E-state index in [1.807, 2.05) is 0 Å². The molecular formula is C5H2BF3N2O-. The molecule has 12 heavy (non-hydrogen) atoms. The Bertz CT molecular complexity index is 273. The zero-order chi connectivity index (χ0) is 9.14. The molecule has 63 valence electrons. The minimum absolute atomic E-state index is 0.721. The second-order valence-corrected chi connectivity index (χ2v) is 1.75. The van der Waals surface area contributed by atoms with Gasteiger partial charge < -0.3 is 12.6 Å². The van der Waals surface area contributed by atoms with Crippen LogP contribution in [0.25, 0.3) is 0 Å². The molecule has 1 rings (SSSR count). The van der Waals surface area contributed by atoms with Crippen molar-refractivity contribution in [2.24, 2.45) is 0 Å². The number of hydrogen-bond donors (Lipinski definition) is 0. The molecule has 0 fully saturated rings. The Morgan fingerprint density at radius 3 is 2.17 bits per heavy atom. The van der Waals surface area contributed by atoms with E-state index in [1.54, 1.807) is 0 Å². The number of halogens is 3. The average Bonchev–Trinajstić information content (AvgIpc) is 2.01. The van der Waals surface area contributed by atoms with Crippen LogP contribution in [0, 0.1) is 11.9 Å². The molecular weight excluding hydrogens is 172 g/mol. The van der Waals surface area contributed by atoms with Gasteiger partial charge in [-0.15, -0.1) is 0 Å². The lowest BCUT2D eigenvalue weighted by molar-refractivity contribution is 0.173. The fraction of sp³-hybridized carbons (Fsp3) is 0.200. The minimum Gasteiger partial charge on any atom is -0.568 e. The number of hydrogen-bond acceptors (Lipinski definition) is 3. The third-order valence-corrected chi connectivity index (χ3v) is 1.02. The monoisotopic (exact) mass is 174 g/mol. The third-order valence-electron chi connectivity index (χ3n) is 1.02. The van der Waals surface area contributed by atoms with E-state index in [9.17, 15) is 13.2 Å². The molecule has 0 atom stereocenters. The first-order chi connectivity index (χ1) is 5.65. The second kappa shape index (κ2) is 3.42. The van der Waals surface area contributed by atoms with Crippen LogP contribution in [-0.2, 0) is 0 Å². The molecule has 0 aromatic carbocycles. The summed E-state index contributed by atoms with van der Waals surface area (Å²) in [6, 6.07) is -0.721. The van der Waals surface area contributed by atoms with Crippen LogP contribution >= 0.6 is 0 Å². The molecule has 0 bridgehead atoms. The standard InChI is InChI=1S/C5H2BF3N2O/c6-2-3(8)10-5(12-1-7)11-4(2)9/h1H2/q-1.